The standard InChI is InChI=1S/C15H33N3/c1-5-15-9-8-14(4)18(15)13-11-16-10-12-17(6-2)7-3/h14-16H,5-13H2,1-4H3. The van der Waals surface area contributed by atoms with E-state index in [9.17, 15) is 0 Å². The van der Waals surface area contributed by atoms with Crippen LogP contribution in [0, 0.1) is 0 Å². The largest absolute Gasteiger partial charge is 0.314 e. The Kier molecular flexibility index (Phi) is 7.87. The molecule has 0 radical (unpaired) electrons. The molecule has 1 aliphatic rings. The van der Waals surface area contributed by atoms with Crippen LogP contribution >= 0.6 is 0 Å². The number of likely N-dealkylation sites (tertiary alicyclic amines) is 1. The molecule has 108 valence electrons. The van der Waals surface area contributed by atoms with E-state index in [1.165, 1.54) is 45.4 Å². The monoisotopic (exact) mass is 255 g/mol. The van der Waals surface area contributed by atoms with Gasteiger partial charge < -0.3 is 10.2 Å². The maximum atomic E-state index is 3.59. The van der Waals surface area contributed by atoms with E-state index in [1.807, 2.05) is 0 Å². The van der Waals surface area contributed by atoms with Crippen molar-refractivity contribution < 1.29 is 0 Å². The Morgan fingerprint density at radius 1 is 1.11 bits per heavy atom. The molecule has 0 bridgehead atoms. The maximum absolute atomic E-state index is 3.59. The predicted octanol–water partition coefficient (Wildman–Crippen LogP) is 2.18. The molecule has 0 saturated carbocycles. The van der Waals surface area contributed by atoms with Gasteiger partial charge in [-0.2, -0.15) is 0 Å². The summed E-state index contributed by atoms with van der Waals surface area (Å²) in [5, 5.41) is 3.59. The molecule has 1 fully saturated rings. The molecule has 0 aromatic rings. The van der Waals surface area contributed by atoms with Gasteiger partial charge in [-0.25, -0.2) is 0 Å². The highest BCUT2D eigenvalue weighted by Gasteiger charge is 2.28. The highest BCUT2D eigenvalue weighted by Crippen LogP contribution is 2.24. The van der Waals surface area contributed by atoms with E-state index in [-0.39, 0.29) is 0 Å². The molecule has 2 atom stereocenters. The second-order valence-electron chi connectivity index (χ2n) is 5.50. The molecule has 0 amide bonds. The van der Waals surface area contributed by atoms with Gasteiger partial charge in [0.2, 0.25) is 0 Å². The highest BCUT2D eigenvalue weighted by atomic mass is 15.2. The number of nitrogens with one attached hydrogen (secondary N) is 1. The Morgan fingerprint density at radius 2 is 1.83 bits per heavy atom. The molecule has 18 heavy (non-hydrogen) atoms. The third-order valence-corrected chi connectivity index (χ3v) is 4.47. The fourth-order valence-electron chi connectivity index (χ4n) is 3.08. The van der Waals surface area contributed by atoms with Gasteiger partial charge in [-0.3, -0.25) is 4.90 Å². The van der Waals surface area contributed by atoms with Crippen molar-refractivity contribution in [3.05, 3.63) is 0 Å². The fourth-order valence-corrected chi connectivity index (χ4v) is 3.08. The van der Waals surface area contributed by atoms with Crippen LogP contribution in [0.25, 0.3) is 0 Å². The first-order chi connectivity index (χ1) is 8.72. The molecule has 3 nitrogen and oxygen atoms in total. The lowest BCUT2D eigenvalue weighted by Gasteiger charge is -2.28. The normalized spacial score (nSPS) is 25.2. The number of hydrogen-bond donors (Lipinski definition) is 1. The minimum Gasteiger partial charge on any atom is -0.314 e. The molecule has 1 heterocycles. The number of nitrogens with zero attached hydrogens (tertiary/aromatic N) is 2. The van der Waals surface area contributed by atoms with Gasteiger partial charge in [-0.15, -0.1) is 0 Å². The molecule has 0 aliphatic carbocycles. The zero-order valence-corrected chi connectivity index (χ0v) is 12.9. The van der Waals surface area contributed by atoms with Gasteiger partial charge >= 0.3 is 0 Å². The van der Waals surface area contributed by atoms with Gasteiger partial charge in [0, 0.05) is 38.3 Å². The minimum absolute atomic E-state index is 0.791. The van der Waals surface area contributed by atoms with Crippen molar-refractivity contribution in [2.75, 3.05) is 39.3 Å². The Balaban J connectivity index is 2.10. The van der Waals surface area contributed by atoms with Crippen LogP contribution in [0.15, 0.2) is 0 Å². The zero-order valence-electron chi connectivity index (χ0n) is 12.9. The molecule has 1 aliphatic heterocycles. The van der Waals surface area contributed by atoms with Crippen molar-refractivity contribution in [3.8, 4) is 0 Å². The van der Waals surface area contributed by atoms with Crippen LogP contribution < -0.4 is 5.32 Å². The van der Waals surface area contributed by atoms with E-state index < -0.39 is 0 Å². The first-order valence-corrected chi connectivity index (χ1v) is 7.91. The predicted molar refractivity (Wildman–Crippen MR) is 80.1 cm³/mol. The van der Waals surface area contributed by atoms with Crippen LogP contribution in [-0.2, 0) is 0 Å². The van der Waals surface area contributed by atoms with E-state index >= 15 is 0 Å². The van der Waals surface area contributed by atoms with Crippen molar-refractivity contribution in [3.63, 3.8) is 0 Å². The van der Waals surface area contributed by atoms with Crippen LogP contribution in [0.1, 0.15) is 47.0 Å². The second-order valence-corrected chi connectivity index (χ2v) is 5.50. The molecular formula is C15H33N3. The summed E-state index contributed by atoms with van der Waals surface area (Å²) < 4.78 is 0. The quantitative estimate of drug-likeness (QED) is 0.637. The van der Waals surface area contributed by atoms with Crippen LogP contribution in [-0.4, -0.2) is 61.2 Å². The first kappa shape index (κ1) is 15.9. The van der Waals surface area contributed by atoms with Gasteiger partial charge in [-0.05, 0) is 39.3 Å². The van der Waals surface area contributed by atoms with Gasteiger partial charge in [-0.1, -0.05) is 20.8 Å². The first-order valence-electron chi connectivity index (χ1n) is 7.91. The molecule has 0 spiro atoms. The van der Waals surface area contributed by atoms with Crippen molar-refractivity contribution in [2.45, 2.75) is 59.0 Å². The number of likely N-dealkylation sites (N-methyl/N-ethyl adjacent to an activating group) is 1. The average molecular weight is 255 g/mol. The lowest BCUT2D eigenvalue weighted by Crippen LogP contribution is -2.40. The lowest BCUT2D eigenvalue weighted by atomic mass is 10.1. The molecule has 2 unspecified atom stereocenters. The van der Waals surface area contributed by atoms with Crippen LogP contribution in [0.3, 0.4) is 0 Å². The zero-order chi connectivity index (χ0) is 13.4. The number of rotatable bonds is 9. The summed E-state index contributed by atoms with van der Waals surface area (Å²) in [7, 11) is 0. The molecule has 0 aromatic carbocycles. The van der Waals surface area contributed by atoms with Crippen LogP contribution in [0.2, 0.25) is 0 Å². The smallest absolute Gasteiger partial charge is 0.0113 e. The molecule has 1 saturated heterocycles. The van der Waals surface area contributed by atoms with Gasteiger partial charge in [0.05, 0.1) is 0 Å². The maximum Gasteiger partial charge on any atom is 0.0113 e. The van der Waals surface area contributed by atoms with Crippen molar-refractivity contribution in [1.29, 1.82) is 0 Å². The van der Waals surface area contributed by atoms with Crippen molar-refractivity contribution >= 4 is 0 Å². The summed E-state index contributed by atoms with van der Waals surface area (Å²) in [6, 6.07) is 1.63. The van der Waals surface area contributed by atoms with E-state index in [0.717, 1.165) is 25.2 Å². The third kappa shape index (κ3) is 4.87. The average Bonchev–Trinajstić information content (AvgIpc) is 2.75. The lowest BCUT2D eigenvalue weighted by molar-refractivity contribution is 0.198. The SMILES string of the molecule is CCC1CCC(C)N1CCNCCN(CC)CC. The third-order valence-electron chi connectivity index (χ3n) is 4.47. The van der Waals surface area contributed by atoms with Gasteiger partial charge in [0.15, 0.2) is 0 Å². The summed E-state index contributed by atoms with van der Waals surface area (Å²) in [6.07, 6.45) is 4.10. The van der Waals surface area contributed by atoms with E-state index in [4.69, 9.17) is 0 Å². The molecular weight excluding hydrogens is 222 g/mol. The molecule has 0 aromatic heterocycles. The van der Waals surface area contributed by atoms with E-state index in [1.54, 1.807) is 0 Å². The van der Waals surface area contributed by atoms with Crippen LogP contribution in [0.4, 0.5) is 0 Å². The van der Waals surface area contributed by atoms with E-state index in [2.05, 4.69) is 42.8 Å². The van der Waals surface area contributed by atoms with Gasteiger partial charge in [0.1, 0.15) is 0 Å². The van der Waals surface area contributed by atoms with Crippen LogP contribution in [0.5, 0.6) is 0 Å². The Hall–Kier alpha value is -0.120. The Bertz CT molecular complexity index is 204. The van der Waals surface area contributed by atoms with Crippen molar-refractivity contribution in [1.82, 2.24) is 15.1 Å². The molecule has 1 rings (SSSR count). The summed E-state index contributed by atoms with van der Waals surface area (Å²) >= 11 is 0. The molecule has 3 heteroatoms. The summed E-state index contributed by atoms with van der Waals surface area (Å²) in [5.41, 5.74) is 0. The highest BCUT2D eigenvalue weighted by molar-refractivity contribution is 4.84. The fraction of sp³-hybridized carbons (Fsp3) is 1.00. The summed E-state index contributed by atoms with van der Waals surface area (Å²) in [4.78, 5) is 5.17. The Morgan fingerprint density at radius 3 is 2.44 bits per heavy atom. The minimum atomic E-state index is 0.791. The van der Waals surface area contributed by atoms with E-state index in [0.29, 0.717) is 0 Å². The molecule has 1 N–H and O–H groups in total. The Labute approximate surface area is 114 Å². The van der Waals surface area contributed by atoms with Gasteiger partial charge in [0.25, 0.3) is 0 Å². The number of hydrogen-bond acceptors (Lipinski definition) is 3. The van der Waals surface area contributed by atoms with Crippen molar-refractivity contribution in [2.24, 2.45) is 0 Å². The second kappa shape index (κ2) is 8.89. The topological polar surface area (TPSA) is 18.5 Å². The summed E-state index contributed by atoms with van der Waals surface area (Å²) in [5.74, 6) is 0. The summed E-state index contributed by atoms with van der Waals surface area (Å²) in [6.45, 7) is 16.2.